The van der Waals surface area contributed by atoms with Gasteiger partial charge in [0.05, 0.1) is 31.3 Å². The second-order valence-corrected chi connectivity index (χ2v) is 6.05. The second-order valence-electron chi connectivity index (χ2n) is 6.05. The Hall–Kier alpha value is -3.62. The molecule has 3 aromatic rings. The third-order valence-corrected chi connectivity index (χ3v) is 4.28. The lowest BCUT2D eigenvalue weighted by atomic mass is 10.1. The quantitative estimate of drug-likeness (QED) is 0.563. The molecule has 1 aromatic heterocycles. The molecule has 29 heavy (non-hydrogen) atoms. The molecule has 0 saturated heterocycles. The fourth-order valence-electron chi connectivity index (χ4n) is 2.82. The number of benzene rings is 2. The molecule has 0 unspecified atom stereocenters. The fourth-order valence-corrected chi connectivity index (χ4v) is 2.82. The summed E-state index contributed by atoms with van der Waals surface area (Å²) in [6.07, 6.45) is 0.562. The molecule has 0 aliphatic carbocycles. The number of carbonyl (C=O) groups is 1. The number of hydrogen-bond donors (Lipinski definition) is 3. The van der Waals surface area contributed by atoms with Gasteiger partial charge in [0, 0.05) is 17.7 Å². The minimum atomic E-state index is -0.875. The number of urea groups is 1. The van der Waals surface area contributed by atoms with E-state index < -0.39 is 17.7 Å². The Balaban J connectivity index is 1.92. The van der Waals surface area contributed by atoms with E-state index in [0.717, 1.165) is 12.1 Å². The van der Waals surface area contributed by atoms with E-state index in [9.17, 15) is 13.6 Å². The van der Waals surface area contributed by atoms with E-state index in [1.54, 1.807) is 25.3 Å². The number of carbonyl (C=O) groups excluding carboxylic acids is 1. The highest BCUT2D eigenvalue weighted by Gasteiger charge is 2.20. The number of anilines is 2. The highest BCUT2D eigenvalue weighted by molar-refractivity contribution is 6.02. The first-order valence-electron chi connectivity index (χ1n) is 8.79. The van der Waals surface area contributed by atoms with E-state index in [2.05, 4.69) is 20.8 Å². The van der Waals surface area contributed by atoms with Crippen molar-refractivity contribution >= 4 is 17.4 Å². The summed E-state index contributed by atoms with van der Waals surface area (Å²) in [5.74, 6) is -0.493. The van der Waals surface area contributed by atoms with Crippen LogP contribution in [-0.2, 0) is 6.42 Å². The van der Waals surface area contributed by atoms with Crippen LogP contribution in [-0.4, -0.2) is 30.4 Å². The Morgan fingerprint density at radius 3 is 2.55 bits per heavy atom. The predicted octanol–water partition coefficient (Wildman–Crippen LogP) is 4.58. The smallest absolute Gasteiger partial charge is 0.323 e. The molecule has 0 radical (unpaired) electrons. The lowest BCUT2D eigenvalue weighted by Crippen LogP contribution is -2.21. The molecular weight excluding hydrogens is 382 g/mol. The van der Waals surface area contributed by atoms with E-state index in [-0.39, 0.29) is 5.69 Å². The first-order valence-corrected chi connectivity index (χ1v) is 8.79. The van der Waals surface area contributed by atoms with Crippen LogP contribution in [0.2, 0.25) is 0 Å². The van der Waals surface area contributed by atoms with Crippen molar-refractivity contribution in [3.8, 4) is 22.8 Å². The zero-order chi connectivity index (χ0) is 21.0. The van der Waals surface area contributed by atoms with Gasteiger partial charge in [0.25, 0.3) is 0 Å². The molecule has 7 nitrogen and oxygen atoms in total. The first-order chi connectivity index (χ1) is 14.0. The SMILES string of the molecule is CCc1[nH]nc(-c2ccc(OC)cc2OC)c1NC(=O)Nc1ccc(F)cc1F. The summed E-state index contributed by atoms with van der Waals surface area (Å²) in [7, 11) is 3.06. The largest absolute Gasteiger partial charge is 0.497 e. The number of hydrogen-bond acceptors (Lipinski definition) is 4. The van der Waals surface area contributed by atoms with Crippen LogP contribution < -0.4 is 20.1 Å². The summed E-state index contributed by atoms with van der Waals surface area (Å²) in [6.45, 7) is 1.89. The summed E-state index contributed by atoms with van der Waals surface area (Å²) < 4.78 is 37.5. The normalized spacial score (nSPS) is 10.5. The molecule has 0 bridgehead atoms. The van der Waals surface area contributed by atoms with Crippen LogP contribution in [0.15, 0.2) is 36.4 Å². The van der Waals surface area contributed by atoms with Gasteiger partial charge >= 0.3 is 6.03 Å². The number of ether oxygens (including phenoxy) is 2. The number of amides is 2. The number of halogens is 2. The van der Waals surface area contributed by atoms with Gasteiger partial charge in [-0.2, -0.15) is 5.10 Å². The van der Waals surface area contributed by atoms with Crippen molar-refractivity contribution in [2.24, 2.45) is 0 Å². The lowest BCUT2D eigenvalue weighted by molar-refractivity contribution is 0.262. The maximum Gasteiger partial charge on any atom is 0.323 e. The molecule has 0 spiro atoms. The first kappa shape index (κ1) is 20.1. The summed E-state index contributed by atoms with van der Waals surface area (Å²) in [4.78, 5) is 12.4. The molecule has 0 aliphatic rings. The van der Waals surface area contributed by atoms with Gasteiger partial charge in [0.2, 0.25) is 0 Å². The molecule has 0 fully saturated rings. The van der Waals surface area contributed by atoms with Gasteiger partial charge in [-0.05, 0) is 30.7 Å². The maximum atomic E-state index is 13.8. The van der Waals surface area contributed by atoms with Crippen LogP contribution in [0.3, 0.4) is 0 Å². The van der Waals surface area contributed by atoms with Crippen LogP contribution in [0.25, 0.3) is 11.3 Å². The van der Waals surface area contributed by atoms with E-state index >= 15 is 0 Å². The number of methoxy groups -OCH3 is 2. The average molecular weight is 402 g/mol. The summed E-state index contributed by atoms with van der Waals surface area (Å²) in [5, 5.41) is 12.2. The predicted molar refractivity (Wildman–Crippen MR) is 106 cm³/mol. The third kappa shape index (κ3) is 4.29. The van der Waals surface area contributed by atoms with Crippen molar-refractivity contribution in [1.29, 1.82) is 0 Å². The zero-order valence-corrected chi connectivity index (χ0v) is 16.1. The van der Waals surface area contributed by atoms with Crippen molar-refractivity contribution in [3.05, 3.63) is 53.7 Å². The number of nitrogens with zero attached hydrogens (tertiary/aromatic N) is 1. The number of nitrogens with one attached hydrogen (secondary N) is 3. The van der Waals surface area contributed by atoms with Gasteiger partial charge in [-0.25, -0.2) is 13.6 Å². The molecule has 3 N–H and O–H groups in total. The standard InChI is InChI=1S/C20H20F2N4O3/c1-4-15-19(24-20(27)23-16-8-5-11(21)9-14(16)22)18(26-25-15)13-7-6-12(28-2)10-17(13)29-3/h5-10H,4H2,1-3H3,(H,25,26)(H2,23,24,27). The summed E-state index contributed by atoms with van der Waals surface area (Å²) in [5.41, 5.74) is 2.04. The Morgan fingerprint density at radius 2 is 1.90 bits per heavy atom. The van der Waals surface area contributed by atoms with E-state index in [0.29, 0.717) is 46.6 Å². The number of aromatic nitrogens is 2. The van der Waals surface area contributed by atoms with Gasteiger partial charge in [-0.1, -0.05) is 6.92 Å². The Morgan fingerprint density at radius 1 is 1.10 bits per heavy atom. The number of H-pyrrole nitrogens is 1. The van der Waals surface area contributed by atoms with E-state index in [1.165, 1.54) is 7.11 Å². The highest BCUT2D eigenvalue weighted by atomic mass is 19.1. The van der Waals surface area contributed by atoms with Gasteiger partial charge in [-0.15, -0.1) is 0 Å². The van der Waals surface area contributed by atoms with Crippen molar-refractivity contribution in [1.82, 2.24) is 10.2 Å². The van der Waals surface area contributed by atoms with Crippen LogP contribution in [0, 0.1) is 11.6 Å². The molecule has 9 heteroatoms. The summed E-state index contributed by atoms with van der Waals surface area (Å²) >= 11 is 0. The molecular formula is C20H20F2N4O3. The average Bonchev–Trinajstić information content (AvgIpc) is 3.11. The van der Waals surface area contributed by atoms with Crippen molar-refractivity contribution in [3.63, 3.8) is 0 Å². The minimum absolute atomic E-state index is 0.144. The third-order valence-electron chi connectivity index (χ3n) is 4.28. The van der Waals surface area contributed by atoms with Crippen LogP contribution >= 0.6 is 0 Å². The van der Waals surface area contributed by atoms with Crippen LogP contribution in [0.4, 0.5) is 25.0 Å². The molecule has 3 rings (SSSR count). The molecule has 2 amide bonds. The van der Waals surface area contributed by atoms with Crippen molar-refractivity contribution < 1.29 is 23.0 Å². The van der Waals surface area contributed by atoms with Gasteiger partial charge in [0.1, 0.15) is 28.8 Å². The molecule has 0 atom stereocenters. The minimum Gasteiger partial charge on any atom is -0.497 e. The van der Waals surface area contributed by atoms with Gasteiger partial charge < -0.3 is 20.1 Å². The monoisotopic (exact) mass is 402 g/mol. The fraction of sp³-hybridized carbons (Fsp3) is 0.200. The van der Waals surface area contributed by atoms with Crippen LogP contribution in [0.5, 0.6) is 11.5 Å². The Kier molecular flexibility index (Phi) is 5.96. The van der Waals surface area contributed by atoms with Gasteiger partial charge in [-0.3, -0.25) is 5.10 Å². The molecule has 0 saturated carbocycles. The highest BCUT2D eigenvalue weighted by Crippen LogP contribution is 2.37. The molecule has 1 heterocycles. The van der Waals surface area contributed by atoms with Crippen LogP contribution in [0.1, 0.15) is 12.6 Å². The lowest BCUT2D eigenvalue weighted by Gasteiger charge is -2.12. The topological polar surface area (TPSA) is 88.3 Å². The molecule has 0 aliphatic heterocycles. The zero-order valence-electron chi connectivity index (χ0n) is 16.1. The molecule has 152 valence electrons. The van der Waals surface area contributed by atoms with E-state index in [1.807, 2.05) is 6.92 Å². The number of rotatable bonds is 6. The number of aromatic amines is 1. The Bertz CT molecular complexity index is 1040. The maximum absolute atomic E-state index is 13.8. The van der Waals surface area contributed by atoms with E-state index in [4.69, 9.17) is 9.47 Å². The summed E-state index contributed by atoms with van der Waals surface area (Å²) in [6, 6.07) is 7.41. The van der Waals surface area contributed by atoms with Gasteiger partial charge in [0.15, 0.2) is 0 Å². The Labute approximate surface area is 166 Å². The second kappa shape index (κ2) is 8.59. The van der Waals surface area contributed by atoms with Crippen molar-refractivity contribution in [2.45, 2.75) is 13.3 Å². The van der Waals surface area contributed by atoms with Crippen molar-refractivity contribution in [2.75, 3.05) is 24.9 Å². The molecule has 2 aromatic carbocycles. The number of aryl methyl sites for hydroxylation is 1.